The van der Waals surface area contributed by atoms with E-state index in [2.05, 4.69) is 5.32 Å². The van der Waals surface area contributed by atoms with Gasteiger partial charge in [0.25, 0.3) is 0 Å². The van der Waals surface area contributed by atoms with E-state index in [1.165, 1.54) is 0 Å². The minimum atomic E-state index is -1.14. The molecule has 3 rings (SSSR count). The molecular formula is C22H25NO5. The zero-order valence-electron chi connectivity index (χ0n) is 16.1. The van der Waals surface area contributed by atoms with Crippen LogP contribution >= 0.6 is 0 Å². The first kappa shape index (κ1) is 19.8. The van der Waals surface area contributed by atoms with Gasteiger partial charge in [0, 0.05) is 0 Å². The highest BCUT2D eigenvalue weighted by Gasteiger charge is 2.37. The van der Waals surface area contributed by atoms with Crippen molar-refractivity contribution in [3.63, 3.8) is 0 Å². The number of methoxy groups -OCH3 is 2. The smallest absolute Gasteiger partial charge is 0.220 e. The van der Waals surface area contributed by atoms with Crippen molar-refractivity contribution < 1.29 is 24.1 Å². The Morgan fingerprint density at radius 3 is 1.96 bits per heavy atom. The van der Waals surface area contributed by atoms with Crippen molar-refractivity contribution in [2.45, 2.75) is 18.9 Å². The van der Waals surface area contributed by atoms with E-state index in [4.69, 9.17) is 18.9 Å². The summed E-state index contributed by atoms with van der Waals surface area (Å²) in [6.45, 7) is 0.371. The largest absolute Gasteiger partial charge is 0.497 e. The number of hydrogen-bond acceptors (Lipinski definition) is 6. The Kier molecular flexibility index (Phi) is 6.57. The number of nitrogens with one attached hydrogen (secondary N) is 1. The van der Waals surface area contributed by atoms with Gasteiger partial charge in [-0.2, -0.15) is 0 Å². The molecule has 2 aromatic carbocycles. The fourth-order valence-electron chi connectivity index (χ4n) is 2.78. The average Bonchev–Trinajstić information content (AvgIpc) is 2.77. The number of rotatable bonds is 9. The van der Waals surface area contributed by atoms with Crippen LogP contribution in [0.25, 0.3) is 0 Å². The Labute approximate surface area is 165 Å². The van der Waals surface area contributed by atoms with E-state index in [1.807, 2.05) is 54.6 Å². The lowest BCUT2D eigenvalue weighted by atomic mass is 10.1. The Morgan fingerprint density at radius 2 is 1.43 bits per heavy atom. The summed E-state index contributed by atoms with van der Waals surface area (Å²) in [6.07, 6.45) is 5.34. The molecule has 0 radical (unpaired) electrons. The molecule has 1 aliphatic heterocycles. The number of benzene rings is 2. The summed E-state index contributed by atoms with van der Waals surface area (Å²) in [4.78, 5) is 0. The maximum atomic E-state index is 10.1. The molecule has 1 unspecified atom stereocenters. The van der Waals surface area contributed by atoms with Gasteiger partial charge >= 0.3 is 0 Å². The Balaban J connectivity index is 1.66. The van der Waals surface area contributed by atoms with Crippen LogP contribution in [-0.4, -0.2) is 31.7 Å². The van der Waals surface area contributed by atoms with E-state index in [-0.39, 0.29) is 6.61 Å². The maximum absolute atomic E-state index is 10.1. The van der Waals surface area contributed by atoms with Crippen molar-refractivity contribution in [3.05, 3.63) is 83.8 Å². The van der Waals surface area contributed by atoms with E-state index >= 15 is 0 Å². The van der Waals surface area contributed by atoms with Crippen LogP contribution in [0.4, 0.5) is 0 Å². The minimum absolute atomic E-state index is 0.276. The molecular weight excluding hydrogens is 358 g/mol. The lowest BCUT2D eigenvalue weighted by molar-refractivity contribution is -0.111. The van der Waals surface area contributed by atoms with Gasteiger partial charge in [-0.15, -0.1) is 0 Å². The molecule has 0 amide bonds. The number of ether oxygens (including phenoxy) is 4. The van der Waals surface area contributed by atoms with Crippen LogP contribution in [0.2, 0.25) is 0 Å². The standard InChI is InChI=1S/C22H25NO5/c1-25-19-9-5-17(6-10-19)14-27-21-4-3-13-23-22(21,16-24)28-15-18-7-11-20(26-2)12-8-18/h3-13,23-24H,14-16H2,1-2H3. The number of aliphatic hydroxyl groups is 1. The number of dihydropyridines is 1. The van der Waals surface area contributed by atoms with Crippen molar-refractivity contribution in [2.75, 3.05) is 20.8 Å². The van der Waals surface area contributed by atoms with E-state index < -0.39 is 5.72 Å². The summed E-state index contributed by atoms with van der Waals surface area (Å²) in [6, 6.07) is 15.2. The third kappa shape index (κ3) is 4.65. The SMILES string of the molecule is COc1ccc(COC2=CC=CNC2(CO)OCc2ccc(OC)cc2)cc1. The normalized spacial score (nSPS) is 18.2. The second-order valence-corrected chi connectivity index (χ2v) is 6.29. The molecule has 6 heteroatoms. The van der Waals surface area contributed by atoms with Gasteiger partial charge in [-0.05, 0) is 53.7 Å². The highest BCUT2D eigenvalue weighted by Crippen LogP contribution is 2.26. The quantitative estimate of drug-likeness (QED) is 0.693. The summed E-state index contributed by atoms with van der Waals surface area (Å²) in [7, 11) is 3.26. The van der Waals surface area contributed by atoms with E-state index in [0.29, 0.717) is 19.0 Å². The molecule has 0 fully saturated rings. The predicted octanol–water partition coefficient (Wildman–Crippen LogP) is 3.13. The molecule has 6 nitrogen and oxygen atoms in total. The van der Waals surface area contributed by atoms with Gasteiger partial charge in [0.05, 0.1) is 27.4 Å². The van der Waals surface area contributed by atoms with Gasteiger partial charge < -0.3 is 29.4 Å². The molecule has 1 aliphatic rings. The minimum Gasteiger partial charge on any atom is -0.497 e. The van der Waals surface area contributed by atoms with Crippen LogP contribution in [0.3, 0.4) is 0 Å². The zero-order chi connectivity index (χ0) is 19.8. The second-order valence-electron chi connectivity index (χ2n) is 6.29. The Bertz CT molecular complexity index is 814. The van der Waals surface area contributed by atoms with Gasteiger partial charge in [-0.25, -0.2) is 0 Å². The van der Waals surface area contributed by atoms with Gasteiger partial charge in [0.15, 0.2) is 5.76 Å². The predicted molar refractivity (Wildman–Crippen MR) is 106 cm³/mol. The third-order valence-corrected chi connectivity index (χ3v) is 4.48. The molecule has 1 atom stereocenters. The van der Waals surface area contributed by atoms with Crippen LogP contribution in [0.5, 0.6) is 11.5 Å². The summed E-state index contributed by atoms with van der Waals surface area (Å²) < 4.78 is 22.4. The van der Waals surface area contributed by atoms with Gasteiger partial charge in [0.2, 0.25) is 5.72 Å². The zero-order valence-corrected chi connectivity index (χ0v) is 16.1. The second kappa shape index (κ2) is 9.30. The molecule has 0 saturated carbocycles. The molecule has 0 aliphatic carbocycles. The fraction of sp³-hybridized carbons (Fsp3) is 0.273. The van der Waals surface area contributed by atoms with E-state index in [9.17, 15) is 5.11 Å². The Hall–Kier alpha value is -2.96. The molecule has 1 heterocycles. The molecule has 2 N–H and O–H groups in total. The fourth-order valence-corrected chi connectivity index (χ4v) is 2.78. The van der Waals surface area contributed by atoms with Crippen LogP contribution in [0, 0.1) is 0 Å². The highest BCUT2D eigenvalue weighted by atomic mass is 16.6. The van der Waals surface area contributed by atoms with Crippen molar-refractivity contribution in [2.24, 2.45) is 0 Å². The molecule has 0 bridgehead atoms. The van der Waals surface area contributed by atoms with Crippen molar-refractivity contribution in [3.8, 4) is 11.5 Å². The molecule has 0 aromatic heterocycles. The lowest BCUT2D eigenvalue weighted by Gasteiger charge is -2.35. The van der Waals surface area contributed by atoms with E-state index in [0.717, 1.165) is 22.6 Å². The van der Waals surface area contributed by atoms with Gasteiger partial charge in [0.1, 0.15) is 18.1 Å². The maximum Gasteiger partial charge on any atom is 0.220 e. The van der Waals surface area contributed by atoms with Crippen LogP contribution < -0.4 is 14.8 Å². The number of aliphatic hydroxyl groups excluding tert-OH is 1. The first-order chi connectivity index (χ1) is 13.7. The van der Waals surface area contributed by atoms with Crippen LogP contribution in [0.15, 0.2) is 72.6 Å². The summed E-state index contributed by atoms with van der Waals surface area (Å²) in [5.41, 5.74) is 0.805. The molecule has 2 aromatic rings. The first-order valence-corrected chi connectivity index (χ1v) is 8.97. The van der Waals surface area contributed by atoms with Crippen LogP contribution in [0.1, 0.15) is 11.1 Å². The first-order valence-electron chi connectivity index (χ1n) is 8.97. The topological polar surface area (TPSA) is 69.2 Å². The number of hydrogen-bond donors (Lipinski definition) is 2. The summed E-state index contributed by atoms with van der Waals surface area (Å²) in [5.74, 6) is 2.09. The Morgan fingerprint density at radius 1 is 0.857 bits per heavy atom. The number of allylic oxidation sites excluding steroid dienone is 2. The van der Waals surface area contributed by atoms with Crippen molar-refractivity contribution >= 4 is 0 Å². The molecule has 28 heavy (non-hydrogen) atoms. The molecule has 148 valence electrons. The van der Waals surface area contributed by atoms with Crippen LogP contribution in [-0.2, 0) is 22.7 Å². The van der Waals surface area contributed by atoms with Crippen molar-refractivity contribution in [1.82, 2.24) is 5.32 Å². The molecule has 0 spiro atoms. The summed E-state index contributed by atoms with van der Waals surface area (Å²) in [5, 5.41) is 13.1. The lowest BCUT2D eigenvalue weighted by Crippen LogP contribution is -2.51. The highest BCUT2D eigenvalue weighted by molar-refractivity contribution is 5.29. The molecule has 0 saturated heterocycles. The van der Waals surface area contributed by atoms with Crippen molar-refractivity contribution in [1.29, 1.82) is 0 Å². The van der Waals surface area contributed by atoms with Gasteiger partial charge in [-0.3, -0.25) is 0 Å². The third-order valence-electron chi connectivity index (χ3n) is 4.48. The average molecular weight is 383 g/mol. The monoisotopic (exact) mass is 383 g/mol. The van der Waals surface area contributed by atoms with E-state index in [1.54, 1.807) is 26.5 Å². The summed E-state index contributed by atoms with van der Waals surface area (Å²) >= 11 is 0. The van der Waals surface area contributed by atoms with Gasteiger partial charge in [-0.1, -0.05) is 24.3 Å².